The van der Waals surface area contributed by atoms with Gasteiger partial charge in [-0.25, -0.2) is 0 Å². The quantitative estimate of drug-likeness (QED) is 0.234. The van der Waals surface area contributed by atoms with Crippen molar-refractivity contribution >= 4 is 16.8 Å². The van der Waals surface area contributed by atoms with Gasteiger partial charge >= 0.3 is 12.4 Å². The minimum atomic E-state index is -5.05. The van der Waals surface area contributed by atoms with Crippen LogP contribution in [0.3, 0.4) is 0 Å². The van der Waals surface area contributed by atoms with Crippen LogP contribution in [0.5, 0.6) is 0 Å². The van der Waals surface area contributed by atoms with Crippen molar-refractivity contribution in [2.45, 2.75) is 45.7 Å². The van der Waals surface area contributed by atoms with Gasteiger partial charge in [-0.3, -0.25) is 14.6 Å². The molecule has 0 fully saturated rings. The van der Waals surface area contributed by atoms with E-state index in [0.29, 0.717) is 35.1 Å². The molecule has 2 N–H and O–H groups in total. The van der Waals surface area contributed by atoms with E-state index < -0.39 is 47.1 Å². The van der Waals surface area contributed by atoms with Crippen LogP contribution in [-0.4, -0.2) is 27.2 Å². The molecule has 222 valence electrons. The van der Waals surface area contributed by atoms with Crippen LogP contribution in [0.15, 0.2) is 65.6 Å². The molecular weight excluding hydrogens is 564 g/mol. The van der Waals surface area contributed by atoms with E-state index in [1.54, 1.807) is 43.3 Å². The van der Waals surface area contributed by atoms with Crippen LogP contribution in [-0.2, 0) is 25.4 Å². The first-order valence-corrected chi connectivity index (χ1v) is 13.0. The maximum atomic E-state index is 13.8. The number of alkyl halides is 6. The third-order valence-electron chi connectivity index (χ3n) is 6.84. The molecular formula is C30H27F6N3O3. The van der Waals surface area contributed by atoms with Gasteiger partial charge in [0.15, 0.2) is 0 Å². The first-order valence-electron chi connectivity index (χ1n) is 13.0. The van der Waals surface area contributed by atoms with Gasteiger partial charge in [-0.1, -0.05) is 42.8 Å². The molecule has 1 unspecified atom stereocenters. The van der Waals surface area contributed by atoms with Crippen LogP contribution in [0.25, 0.3) is 22.0 Å². The summed E-state index contributed by atoms with van der Waals surface area (Å²) in [7, 11) is 0. The zero-order valence-corrected chi connectivity index (χ0v) is 22.6. The van der Waals surface area contributed by atoms with Gasteiger partial charge in [-0.15, -0.1) is 0 Å². The summed E-state index contributed by atoms with van der Waals surface area (Å²) >= 11 is 0. The Morgan fingerprint density at radius 2 is 1.62 bits per heavy atom. The Bertz CT molecular complexity index is 1630. The molecule has 2 aromatic heterocycles. The maximum absolute atomic E-state index is 13.8. The average Bonchev–Trinajstić information content (AvgIpc) is 2.94. The third-order valence-corrected chi connectivity index (χ3v) is 6.84. The number of rotatable bonds is 8. The standard InChI is InChI=1S/C30H27F6N3O3/c1-17-5-7-20(8-6-17)24-23-4-3-10-37-25(23)28(42)39(11-9-18(2)16-40)26(24)27(41)38-15-19-12-21(29(31,32)33)14-22(13-19)30(34,35)36/h3-8,10,12-14,18,40H,9,11,15-16H2,1-2H3,(H,38,41). The second-order valence-electron chi connectivity index (χ2n) is 10.1. The van der Waals surface area contributed by atoms with E-state index in [1.807, 2.05) is 6.92 Å². The number of hydrogen-bond donors (Lipinski definition) is 2. The highest BCUT2D eigenvalue weighted by Gasteiger charge is 2.37. The second kappa shape index (κ2) is 12.0. The normalized spacial score (nSPS) is 12.9. The summed E-state index contributed by atoms with van der Waals surface area (Å²) < 4.78 is 81.5. The number of carbonyl (C=O) groups excluding carboxylic acids is 1. The SMILES string of the molecule is Cc1ccc(-c2c(C(=O)NCc3cc(C(F)(F)F)cc(C(F)(F)F)c3)n(CCC(C)CO)c(=O)c3ncccc23)cc1. The van der Waals surface area contributed by atoms with Crippen LogP contribution in [0, 0.1) is 12.8 Å². The molecule has 0 saturated carbocycles. The second-order valence-corrected chi connectivity index (χ2v) is 10.1. The van der Waals surface area contributed by atoms with Crippen molar-refractivity contribution in [3.8, 4) is 11.1 Å². The Kier molecular flexibility index (Phi) is 8.76. The number of fused-ring (bicyclic) bond motifs is 1. The van der Waals surface area contributed by atoms with Gasteiger partial charge in [0.1, 0.15) is 11.2 Å². The molecule has 1 atom stereocenters. The van der Waals surface area contributed by atoms with E-state index in [4.69, 9.17) is 0 Å². The van der Waals surface area contributed by atoms with Crippen molar-refractivity contribution in [1.29, 1.82) is 0 Å². The fourth-order valence-corrected chi connectivity index (χ4v) is 4.56. The summed E-state index contributed by atoms with van der Waals surface area (Å²) in [5.74, 6) is -1.11. The van der Waals surface area contributed by atoms with E-state index in [-0.39, 0.29) is 36.3 Å². The fourth-order valence-electron chi connectivity index (χ4n) is 4.56. The summed E-state index contributed by atoms with van der Waals surface area (Å²) in [6.45, 7) is 2.75. The molecule has 0 spiro atoms. The Morgan fingerprint density at radius 1 is 1.00 bits per heavy atom. The minimum absolute atomic E-state index is 0.00350. The van der Waals surface area contributed by atoms with Crippen LogP contribution in [0.4, 0.5) is 26.3 Å². The molecule has 4 aromatic rings. The molecule has 2 aromatic carbocycles. The summed E-state index contributed by atoms with van der Waals surface area (Å²) in [5, 5.41) is 12.3. The van der Waals surface area contributed by atoms with Gasteiger partial charge in [-0.05, 0) is 54.7 Å². The maximum Gasteiger partial charge on any atom is 0.416 e. The van der Waals surface area contributed by atoms with Crippen molar-refractivity contribution in [2.24, 2.45) is 5.92 Å². The Balaban J connectivity index is 1.87. The molecule has 0 radical (unpaired) electrons. The van der Waals surface area contributed by atoms with E-state index in [2.05, 4.69) is 10.3 Å². The van der Waals surface area contributed by atoms with Gasteiger partial charge in [0.2, 0.25) is 0 Å². The Labute approximate surface area is 236 Å². The van der Waals surface area contributed by atoms with Crippen LogP contribution in [0.1, 0.15) is 46.1 Å². The zero-order chi connectivity index (χ0) is 30.8. The first-order chi connectivity index (χ1) is 19.7. The molecule has 42 heavy (non-hydrogen) atoms. The Morgan fingerprint density at radius 3 is 2.19 bits per heavy atom. The molecule has 0 aliphatic heterocycles. The summed E-state index contributed by atoms with van der Waals surface area (Å²) in [6, 6.07) is 11.3. The van der Waals surface area contributed by atoms with Crippen molar-refractivity contribution in [1.82, 2.24) is 14.9 Å². The number of aliphatic hydroxyl groups excluding tert-OH is 1. The molecule has 1 amide bonds. The van der Waals surface area contributed by atoms with Crippen molar-refractivity contribution in [3.63, 3.8) is 0 Å². The molecule has 6 nitrogen and oxygen atoms in total. The number of benzene rings is 2. The van der Waals surface area contributed by atoms with Crippen LogP contribution >= 0.6 is 0 Å². The number of aliphatic hydroxyl groups is 1. The monoisotopic (exact) mass is 591 g/mol. The fraction of sp³-hybridized carbons (Fsp3) is 0.300. The number of halogens is 6. The van der Waals surface area contributed by atoms with E-state index >= 15 is 0 Å². The van der Waals surface area contributed by atoms with Gasteiger partial charge in [0.05, 0.1) is 11.1 Å². The number of nitrogens with zero attached hydrogens (tertiary/aromatic N) is 2. The molecule has 0 bridgehead atoms. The van der Waals surface area contributed by atoms with E-state index in [0.717, 1.165) is 5.56 Å². The lowest BCUT2D eigenvalue weighted by Crippen LogP contribution is -2.34. The van der Waals surface area contributed by atoms with Crippen LogP contribution in [0.2, 0.25) is 0 Å². The lowest BCUT2D eigenvalue weighted by Gasteiger charge is -2.21. The van der Waals surface area contributed by atoms with Crippen molar-refractivity contribution in [2.75, 3.05) is 6.61 Å². The summed E-state index contributed by atoms with van der Waals surface area (Å²) in [5.41, 5.74) is -2.29. The third kappa shape index (κ3) is 6.64. The van der Waals surface area contributed by atoms with E-state index in [9.17, 15) is 41.0 Å². The van der Waals surface area contributed by atoms with Gasteiger partial charge < -0.3 is 15.0 Å². The lowest BCUT2D eigenvalue weighted by molar-refractivity contribution is -0.143. The molecule has 2 heterocycles. The minimum Gasteiger partial charge on any atom is -0.396 e. The number of hydrogen-bond acceptors (Lipinski definition) is 4. The van der Waals surface area contributed by atoms with Crippen molar-refractivity contribution in [3.05, 3.63) is 99.1 Å². The van der Waals surface area contributed by atoms with Gasteiger partial charge in [-0.2, -0.15) is 26.3 Å². The van der Waals surface area contributed by atoms with E-state index in [1.165, 1.54) is 10.8 Å². The number of pyridine rings is 2. The smallest absolute Gasteiger partial charge is 0.396 e. The number of aromatic nitrogens is 2. The summed E-state index contributed by atoms with van der Waals surface area (Å²) in [4.78, 5) is 31.6. The predicted octanol–water partition coefficient (Wildman–Crippen LogP) is 6.36. The topological polar surface area (TPSA) is 84.2 Å². The Hall–Kier alpha value is -4.19. The predicted molar refractivity (Wildman–Crippen MR) is 145 cm³/mol. The van der Waals surface area contributed by atoms with Crippen molar-refractivity contribution < 1.29 is 36.2 Å². The van der Waals surface area contributed by atoms with Crippen LogP contribution < -0.4 is 10.9 Å². The molecule has 4 rings (SSSR count). The highest BCUT2D eigenvalue weighted by Crippen LogP contribution is 2.36. The lowest BCUT2D eigenvalue weighted by atomic mass is 9.96. The number of aryl methyl sites for hydroxylation is 1. The molecule has 0 aliphatic rings. The number of nitrogens with one attached hydrogen (secondary N) is 1. The average molecular weight is 592 g/mol. The van der Waals surface area contributed by atoms with Gasteiger partial charge in [0, 0.05) is 36.8 Å². The molecule has 0 aliphatic carbocycles. The largest absolute Gasteiger partial charge is 0.416 e. The summed E-state index contributed by atoms with van der Waals surface area (Å²) in [6.07, 6.45) is -8.37. The molecule has 0 saturated heterocycles. The first kappa shape index (κ1) is 30.8. The zero-order valence-electron chi connectivity index (χ0n) is 22.6. The number of amides is 1. The number of carbonyl (C=O) groups is 1. The van der Waals surface area contributed by atoms with Gasteiger partial charge in [0.25, 0.3) is 11.5 Å². The highest BCUT2D eigenvalue weighted by molar-refractivity contribution is 6.07. The molecule has 12 heteroatoms. The highest BCUT2D eigenvalue weighted by atomic mass is 19.4.